The Morgan fingerprint density at radius 3 is 2.34 bits per heavy atom. The molecule has 0 fully saturated rings. The molecule has 0 unspecified atom stereocenters. The molecule has 1 amide bonds. The lowest BCUT2D eigenvalue weighted by molar-refractivity contribution is -0.118. The highest BCUT2D eigenvalue weighted by Gasteiger charge is 2.22. The molecule has 1 aromatic heterocycles. The first-order chi connectivity index (χ1) is 16.6. The van der Waals surface area contributed by atoms with E-state index >= 15 is 0 Å². The fourth-order valence-electron chi connectivity index (χ4n) is 4.17. The van der Waals surface area contributed by atoms with E-state index in [0.717, 1.165) is 46.2 Å². The van der Waals surface area contributed by atoms with Crippen molar-refractivity contribution in [2.45, 2.75) is 20.3 Å². The lowest BCUT2D eigenvalue weighted by atomic mass is 10.0. The van der Waals surface area contributed by atoms with E-state index < -0.39 is 0 Å². The van der Waals surface area contributed by atoms with E-state index in [4.69, 9.17) is 14.5 Å². The monoisotopic (exact) mass is 513 g/mol. The normalized spacial score (nSPS) is 11.0. The van der Waals surface area contributed by atoms with Gasteiger partial charge < -0.3 is 14.4 Å². The summed E-state index contributed by atoms with van der Waals surface area (Å²) in [7, 11) is 3.23. The smallest absolute Gasteiger partial charge is 0.233 e. The highest BCUT2D eigenvalue weighted by atomic mass is 35.5. The number of ether oxygens (including phenoxy) is 2. The molecule has 0 aliphatic rings. The Kier molecular flexibility index (Phi) is 9.32. The van der Waals surface area contributed by atoms with E-state index in [-0.39, 0.29) is 18.3 Å². The molecule has 4 aromatic rings. The van der Waals surface area contributed by atoms with Crippen LogP contribution in [0.2, 0.25) is 0 Å². The van der Waals surface area contributed by atoms with E-state index in [1.54, 1.807) is 14.2 Å². The Bertz CT molecular complexity index is 1240. The number of rotatable bonds is 10. The summed E-state index contributed by atoms with van der Waals surface area (Å²) in [6, 6.07) is 18.1. The highest BCUT2D eigenvalue weighted by molar-refractivity contribution is 7.22. The average Bonchev–Trinajstić information content (AvgIpc) is 3.28. The van der Waals surface area contributed by atoms with Crippen molar-refractivity contribution in [3.8, 4) is 11.5 Å². The molecular weight excluding hydrogens is 482 g/mol. The maximum absolute atomic E-state index is 13.7. The number of hydrogen-bond donors (Lipinski definition) is 0. The minimum Gasteiger partial charge on any atom is -0.493 e. The SMILES string of the molecule is CCN(CC)CCN(C(=O)Cc1cccc2ccccc12)c1nc2cc(OC)c(OC)cc2s1.Cl. The Balaban J connectivity index is 0.00000342. The van der Waals surface area contributed by atoms with Crippen LogP contribution < -0.4 is 14.4 Å². The maximum Gasteiger partial charge on any atom is 0.233 e. The van der Waals surface area contributed by atoms with Crippen molar-refractivity contribution in [2.24, 2.45) is 0 Å². The Morgan fingerprint density at radius 1 is 0.943 bits per heavy atom. The highest BCUT2D eigenvalue weighted by Crippen LogP contribution is 2.37. The summed E-state index contributed by atoms with van der Waals surface area (Å²) in [4.78, 5) is 22.7. The van der Waals surface area contributed by atoms with Gasteiger partial charge in [-0.1, -0.05) is 67.6 Å². The summed E-state index contributed by atoms with van der Waals surface area (Å²) < 4.78 is 11.9. The van der Waals surface area contributed by atoms with Crippen LogP contribution in [0.25, 0.3) is 21.0 Å². The van der Waals surface area contributed by atoms with E-state index in [2.05, 4.69) is 36.9 Å². The number of thiazole rings is 1. The van der Waals surface area contributed by atoms with Gasteiger partial charge in [0, 0.05) is 25.2 Å². The minimum atomic E-state index is 0. The van der Waals surface area contributed by atoms with Crippen molar-refractivity contribution >= 4 is 55.8 Å². The van der Waals surface area contributed by atoms with Gasteiger partial charge in [-0.25, -0.2) is 4.98 Å². The first-order valence-corrected chi connectivity index (χ1v) is 12.4. The first-order valence-electron chi connectivity index (χ1n) is 11.6. The number of methoxy groups -OCH3 is 2. The van der Waals surface area contributed by atoms with Crippen LogP contribution in [-0.4, -0.2) is 56.2 Å². The van der Waals surface area contributed by atoms with Gasteiger partial charge in [0.2, 0.25) is 5.91 Å². The molecule has 0 aliphatic carbocycles. The number of aromatic nitrogens is 1. The summed E-state index contributed by atoms with van der Waals surface area (Å²) in [6.07, 6.45) is 0.322. The Hall–Kier alpha value is -2.87. The average molecular weight is 514 g/mol. The molecule has 1 heterocycles. The predicted octanol–water partition coefficient (Wildman–Crippen LogP) is 5.81. The molecule has 0 bridgehead atoms. The van der Waals surface area contributed by atoms with Crippen LogP contribution in [-0.2, 0) is 11.2 Å². The molecule has 0 saturated heterocycles. The topological polar surface area (TPSA) is 54.9 Å². The zero-order chi connectivity index (χ0) is 24.1. The van der Waals surface area contributed by atoms with Crippen LogP contribution in [0.15, 0.2) is 54.6 Å². The standard InChI is InChI=1S/C27H31N3O3S.ClH/c1-5-29(6-2)14-15-30(26(31)16-20-12-9-11-19-10-7-8-13-21(19)20)27-28-22-17-23(32-3)24(33-4)18-25(22)34-27;/h7-13,17-18H,5-6,14-16H2,1-4H3;1H. The van der Waals surface area contributed by atoms with Crippen LogP contribution in [0.1, 0.15) is 19.4 Å². The molecule has 0 radical (unpaired) electrons. The van der Waals surface area contributed by atoms with Crippen molar-refractivity contribution in [3.05, 3.63) is 60.2 Å². The van der Waals surface area contributed by atoms with Gasteiger partial charge in [-0.3, -0.25) is 9.69 Å². The summed E-state index contributed by atoms with van der Waals surface area (Å²) >= 11 is 1.50. The van der Waals surface area contributed by atoms with Crippen LogP contribution in [0.3, 0.4) is 0 Å². The van der Waals surface area contributed by atoms with Crippen molar-refractivity contribution < 1.29 is 14.3 Å². The number of halogens is 1. The molecule has 6 nitrogen and oxygen atoms in total. The van der Waals surface area contributed by atoms with Gasteiger partial charge in [-0.05, 0) is 29.4 Å². The fraction of sp³-hybridized carbons (Fsp3) is 0.333. The molecule has 0 atom stereocenters. The zero-order valence-corrected chi connectivity index (χ0v) is 22.2. The number of carbonyl (C=O) groups excluding carboxylic acids is 1. The second-order valence-electron chi connectivity index (χ2n) is 8.06. The molecule has 0 N–H and O–H groups in total. The summed E-state index contributed by atoms with van der Waals surface area (Å²) in [5, 5.41) is 2.95. The molecule has 186 valence electrons. The van der Waals surface area contributed by atoms with E-state index in [1.165, 1.54) is 11.3 Å². The molecule has 0 aliphatic heterocycles. The second kappa shape index (κ2) is 12.2. The van der Waals surface area contributed by atoms with E-state index in [9.17, 15) is 4.79 Å². The molecule has 35 heavy (non-hydrogen) atoms. The predicted molar refractivity (Wildman–Crippen MR) is 148 cm³/mol. The first kappa shape index (κ1) is 26.7. The number of amides is 1. The third kappa shape index (κ3) is 5.86. The largest absolute Gasteiger partial charge is 0.493 e. The number of hydrogen-bond acceptors (Lipinski definition) is 6. The number of anilines is 1. The lowest BCUT2D eigenvalue weighted by Crippen LogP contribution is -2.39. The number of carbonyl (C=O) groups is 1. The van der Waals surface area contributed by atoms with E-state index in [1.807, 2.05) is 41.3 Å². The summed E-state index contributed by atoms with van der Waals surface area (Å²) in [5.41, 5.74) is 1.82. The van der Waals surface area contributed by atoms with Gasteiger partial charge in [0.05, 0.1) is 30.9 Å². The van der Waals surface area contributed by atoms with Gasteiger partial charge in [0.15, 0.2) is 16.6 Å². The third-order valence-electron chi connectivity index (χ3n) is 6.17. The van der Waals surface area contributed by atoms with Gasteiger partial charge in [0.25, 0.3) is 0 Å². The van der Waals surface area contributed by atoms with Gasteiger partial charge in [-0.15, -0.1) is 12.4 Å². The Morgan fingerprint density at radius 2 is 1.63 bits per heavy atom. The van der Waals surface area contributed by atoms with Crippen LogP contribution in [0.4, 0.5) is 5.13 Å². The summed E-state index contributed by atoms with van der Waals surface area (Å²) in [6.45, 7) is 7.53. The number of fused-ring (bicyclic) bond motifs is 2. The number of likely N-dealkylation sites (N-methyl/N-ethyl adjacent to an activating group) is 1. The van der Waals surface area contributed by atoms with Gasteiger partial charge in [0.1, 0.15) is 0 Å². The molecular formula is C27H32ClN3O3S. The maximum atomic E-state index is 13.7. The molecule has 4 rings (SSSR count). The van der Waals surface area contributed by atoms with Crippen molar-refractivity contribution in [2.75, 3.05) is 45.3 Å². The Labute approximate surface area is 216 Å². The number of benzene rings is 3. The van der Waals surface area contributed by atoms with E-state index in [0.29, 0.717) is 29.6 Å². The second-order valence-corrected chi connectivity index (χ2v) is 9.07. The van der Waals surface area contributed by atoms with Gasteiger partial charge in [-0.2, -0.15) is 0 Å². The third-order valence-corrected chi connectivity index (χ3v) is 7.21. The molecule has 8 heteroatoms. The molecule has 0 spiro atoms. The lowest BCUT2D eigenvalue weighted by Gasteiger charge is -2.25. The van der Waals surface area contributed by atoms with Crippen LogP contribution in [0.5, 0.6) is 11.5 Å². The fourth-order valence-corrected chi connectivity index (χ4v) is 5.19. The van der Waals surface area contributed by atoms with Crippen molar-refractivity contribution in [3.63, 3.8) is 0 Å². The quantitative estimate of drug-likeness (QED) is 0.268. The number of nitrogens with zero attached hydrogens (tertiary/aromatic N) is 3. The van der Waals surface area contributed by atoms with Crippen LogP contribution >= 0.6 is 23.7 Å². The van der Waals surface area contributed by atoms with Gasteiger partial charge >= 0.3 is 0 Å². The zero-order valence-electron chi connectivity index (χ0n) is 20.6. The molecule has 3 aromatic carbocycles. The van der Waals surface area contributed by atoms with Crippen molar-refractivity contribution in [1.29, 1.82) is 0 Å². The molecule has 0 saturated carbocycles. The van der Waals surface area contributed by atoms with Crippen LogP contribution in [0, 0.1) is 0 Å². The van der Waals surface area contributed by atoms with Crippen molar-refractivity contribution in [1.82, 2.24) is 9.88 Å². The summed E-state index contributed by atoms with van der Waals surface area (Å²) in [5.74, 6) is 1.33. The minimum absolute atomic E-state index is 0.